The molecule has 1 aliphatic carbocycles. The van der Waals surface area contributed by atoms with Gasteiger partial charge in [-0.2, -0.15) is 0 Å². The van der Waals surface area contributed by atoms with E-state index in [0.29, 0.717) is 6.04 Å². The van der Waals surface area contributed by atoms with E-state index in [4.69, 9.17) is 0 Å². The SMILES string of the molecule is C[C@@H](NC1=NCCN1)C1CCCC1. The zero-order valence-corrected chi connectivity index (χ0v) is 8.34. The van der Waals surface area contributed by atoms with Crippen molar-refractivity contribution in [2.45, 2.75) is 38.6 Å². The molecule has 0 spiro atoms. The average Bonchev–Trinajstić information content (AvgIpc) is 2.74. The smallest absolute Gasteiger partial charge is 0.191 e. The molecule has 0 radical (unpaired) electrons. The van der Waals surface area contributed by atoms with Crippen LogP contribution in [0, 0.1) is 5.92 Å². The van der Waals surface area contributed by atoms with Crippen LogP contribution in [0.4, 0.5) is 0 Å². The van der Waals surface area contributed by atoms with Gasteiger partial charge in [0.15, 0.2) is 5.96 Å². The molecule has 3 nitrogen and oxygen atoms in total. The third-order valence-corrected chi connectivity index (χ3v) is 3.15. The standard InChI is InChI=1S/C10H19N3/c1-8(9-4-2-3-5-9)13-10-11-6-7-12-10/h8-9H,2-7H2,1H3,(H2,11,12,13)/t8-/m1/s1. The van der Waals surface area contributed by atoms with Gasteiger partial charge in [-0.1, -0.05) is 12.8 Å². The van der Waals surface area contributed by atoms with E-state index in [0.717, 1.165) is 25.0 Å². The van der Waals surface area contributed by atoms with E-state index in [1.165, 1.54) is 25.7 Å². The molecule has 13 heavy (non-hydrogen) atoms. The lowest BCUT2D eigenvalue weighted by Gasteiger charge is -2.21. The van der Waals surface area contributed by atoms with Crippen LogP contribution in [0.15, 0.2) is 4.99 Å². The quantitative estimate of drug-likeness (QED) is 0.669. The minimum atomic E-state index is 0.590. The second-order valence-corrected chi connectivity index (χ2v) is 4.13. The van der Waals surface area contributed by atoms with E-state index < -0.39 is 0 Å². The summed E-state index contributed by atoms with van der Waals surface area (Å²) in [5.74, 6) is 1.88. The Hall–Kier alpha value is -0.730. The molecule has 1 heterocycles. The monoisotopic (exact) mass is 181 g/mol. The largest absolute Gasteiger partial charge is 0.355 e. The first kappa shape index (κ1) is 8.85. The van der Waals surface area contributed by atoms with Crippen LogP contribution in [0.3, 0.4) is 0 Å². The van der Waals surface area contributed by atoms with Crippen molar-refractivity contribution >= 4 is 5.96 Å². The van der Waals surface area contributed by atoms with E-state index in [9.17, 15) is 0 Å². The maximum absolute atomic E-state index is 4.34. The molecule has 2 rings (SSSR count). The number of rotatable bonds is 2. The first-order valence-electron chi connectivity index (χ1n) is 5.41. The predicted molar refractivity (Wildman–Crippen MR) is 54.9 cm³/mol. The summed E-state index contributed by atoms with van der Waals surface area (Å²) in [7, 11) is 0. The number of nitrogens with zero attached hydrogens (tertiary/aromatic N) is 1. The van der Waals surface area contributed by atoms with Crippen LogP contribution in [-0.2, 0) is 0 Å². The van der Waals surface area contributed by atoms with E-state index in [1.54, 1.807) is 0 Å². The van der Waals surface area contributed by atoms with Gasteiger partial charge in [0, 0.05) is 12.6 Å². The Labute approximate surface area is 80.0 Å². The Morgan fingerprint density at radius 3 is 2.85 bits per heavy atom. The van der Waals surface area contributed by atoms with Crippen molar-refractivity contribution in [3.63, 3.8) is 0 Å². The van der Waals surface area contributed by atoms with E-state index in [1.807, 2.05) is 0 Å². The maximum atomic E-state index is 4.34. The minimum absolute atomic E-state index is 0.590. The van der Waals surface area contributed by atoms with Crippen molar-refractivity contribution in [1.82, 2.24) is 10.6 Å². The van der Waals surface area contributed by atoms with Gasteiger partial charge in [-0.05, 0) is 25.7 Å². The second-order valence-electron chi connectivity index (χ2n) is 4.13. The van der Waals surface area contributed by atoms with Crippen molar-refractivity contribution in [3.05, 3.63) is 0 Å². The summed E-state index contributed by atoms with van der Waals surface area (Å²) in [6.45, 7) is 4.21. The van der Waals surface area contributed by atoms with Crippen LogP contribution in [-0.4, -0.2) is 25.1 Å². The summed E-state index contributed by atoms with van der Waals surface area (Å²) < 4.78 is 0. The van der Waals surface area contributed by atoms with E-state index in [-0.39, 0.29) is 0 Å². The molecule has 0 aromatic rings. The lowest BCUT2D eigenvalue weighted by atomic mass is 10.0. The van der Waals surface area contributed by atoms with Crippen molar-refractivity contribution in [3.8, 4) is 0 Å². The Bertz CT molecular complexity index is 194. The van der Waals surface area contributed by atoms with Gasteiger partial charge >= 0.3 is 0 Å². The highest BCUT2D eigenvalue weighted by Crippen LogP contribution is 2.27. The van der Waals surface area contributed by atoms with Gasteiger partial charge in [-0.3, -0.25) is 4.99 Å². The van der Waals surface area contributed by atoms with Crippen LogP contribution in [0.5, 0.6) is 0 Å². The van der Waals surface area contributed by atoms with Crippen LogP contribution >= 0.6 is 0 Å². The minimum Gasteiger partial charge on any atom is -0.355 e. The summed E-state index contributed by atoms with van der Waals surface area (Å²) in [4.78, 5) is 4.34. The van der Waals surface area contributed by atoms with Crippen molar-refractivity contribution in [2.75, 3.05) is 13.1 Å². The van der Waals surface area contributed by atoms with Gasteiger partial charge in [0.25, 0.3) is 0 Å². The number of hydrogen-bond donors (Lipinski definition) is 2. The van der Waals surface area contributed by atoms with Gasteiger partial charge in [0.2, 0.25) is 0 Å². The first-order valence-corrected chi connectivity index (χ1v) is 5.41. The molecule has 0 amide bonds. The van der Waals surface area contributed by atoms with Crippen molar-refractivity contribution in [1.29, 1.82) is 0 Å². The fraction of sp³-hybridized carbons (Fsp3) is 0.900. The Balaban J connectivity index is 1.79. The Kier molecular flexibility index (Phi) is 2.71. The molecule has 1 fully saturated rings. The molecule has 0 aromatic heterocycles. The summed E-state index contributed by atoms with van der Waals surface area (Å²) >= 11 is 0. The van der Waals surface area contributed by atoms with Crippen LogP contribution in [0.25, 0.3) is 0 Å². The molecule has 1 atom stereocenters. The third kappa shape index (κ3) is 2.14. The van der Waals surface area contributed by atoms with Crippen LogP contribution in [0.1, 0.15) is 32.6 Å². The fourth-order valence-electron chi connectivity index (χ4n) is 2.29. The third-order valence-electron chi connectivity index (χ3n) is 3.15. The topological polar surface area (TPSA) is 36.4 Å². The highest BCUT2D eigenvalue weighted by atomic mass is 15.2. The predicted octanol–water partition coefficient (Wildman–Crippen LogP) is 1.11. The molecule has 0 aromatic carbocycles. The number of aliphatic imine (C=N–C) groups is 1. The summed E-state index contributed by atoms with van der Waals surface area (Å²) in [5.41, 5.74) is 0. The van der Waals surface area contributed by atoms with Crippen molar-refractivity contribution < 1.29 is 0 Å². The zero-order valence-electron chi connectivity index (χ0n) is 8.34. The van der Waals surface area contributed by atoms with E-state index in [2.05, 4.69) is 22.5 Å². The molecule has 0 bridgehead atoms. The lowest BCUT2D eigenvalue weighted by Crippen LogP contribution is -2.42. The van der Waals surface area contributed by atoms with Crippen LogP contribution < -0.4 is 10.6 Å². The van der Waals surface area contributed by atoms with Crippen LogP contribution in [0.2, 0.25) is 0 Å². The second kappa shape index (κ2) is 3.99. The first-order chi connectivity index (χ1) is 6.36. The Morgan fingerprint density at radius 1 is 1.46 bits per heavy atom. The van der Waals surface area contributed by atoms with Gasteiger partial charge in [-0.25, -0.2) is 0 Å². The molecule has 3 heteroatoms. The summed E-state index contributed by atoms with van der Waals surface area (Å²) in [6, 6.07) is 0.590. The maximum Gasteiger partial charge on any atom is 0.191 e. The van der Waals surface area contributed by atoms with Gasteiger partial charge < -0.3 is 10.6 Å². The van der Waals surface area contributed by atoms with Crippen molar-refractivity contribution in [2.24, 2.45) is 10.9 Å². The molecule has 0 saturated heterocycles. The molecule has 0 unspecified atom stereocenters. The zero-order chi connectivity index (χ0) is 9.10. The molecular formula is C10H19N3. The van der Waals surface area contributed by atoms with Gasteiger partial charge in [-0.15, -0.1) is 0 Å². The molecule has 1 saturated carbocycles. The summed E-state index contributed by atoms with van der Waals surface area (Å²) in [5, 5.41) is 6.71. The molecular weight excluding hydrogens is 162 g/mol. The molecule has 74 valence electrons. The molecule has 2 N–H and O–H groups in total. The van der Waals surface area contributed by atoms with E-state index >= 15 is 0 Å². The molecule has 2 aliphatic rings. The molecule has 1 aliphatic heterocycles. The lowest BCUT2D eigenvalue weighted by molar-refractivity contribution is 0.424. The van der Waals surface area contributed by atoms with Gasteiger partial charge in [0.05, 0.1) is 6.54 Å². The normalized spacial score (nSPS) is 25.5. The average molecular weight is 181 g/mol. The number of nitrogens with one attached hydrogen (secondary N) is 2. The summed E-state index contributed by atoms with van der Waals surface area (Å²) in [6.07, 6.45) is 5.61. The number of hydrogen-bond acceptors (Lipinski definition) is 3. The Morgan fingerprint density at radius 2 is 2.23 bits per heavy atom. The number of guanidine groups is 1. The highest BCUT2D eigenvalue weighted by molar-refractivity contribution is 5.81. The van der Waals surface area contributed by atoms with Gasteiger partial charge in [0.1, 0.15) is 0 Å². The fourth-order valence-corrected chi connectivity index (χ4v) is 2.29. The highest BCUT2D eigenvalue weighted by Gasteiger charge is 2.22.